The molecule has 192 valence electrons. The van der Waals surface area contributed by atoms with Crippen LogP contribution in [0, 0.1) is 10.8 Å². The van der Waals surface area contributed by atoms with Gasteiger partial charge in [-0.3, -0.25) is 0 Å². The number of allylic oxidation sites excluding steroid dienone is 1. The third kappa shape index (κ3) is 11.8. The van der Waals surface area contributed by atoms with Crippen LogP contribution in [0.2, 0.25) is 0 Å². The fourth-order valence-electron chi connectivity index (χ4n) is 4.81. The van der Waals surface area contributed by atoms with Crippen LogP contribution in [-0.2, 0) is 0 Å². The predicted molar refractivity (Wildman–Crippen MR) is 157 cm³/mol. The van der Waals surface area contributed by atoms with E-state index in [2.05, 4.69) is 71.9 Å². The van der Waals surface area contributed by atoms with Crippen LogP contribution >= 0.6 is 23.1 Å². The molecule has 0 saturated heterocycles. The Balaban J connectivity index is 1.98. The number of thioether (sulfide) groups is 1. The maximum atomic E-state index is 4.87. The summed E-state index contributed by atoms with van der Waals surface area (Å²) in [6, 6.07) is 8.53. The van der Waals surface area contributed by atoms with Gasteiger partial charge in [0.05, 0.1) is 10.2 Å². The number of aromatic nitrogens is 1. The first kappa shape index (κ1) is 29.4. The van der Waals surface area contributed by atoms with Crippen LogP contribution in [0.5, 0.6) is 0 Å². The standard InChI is InChI=1S/C31H51NS2/c1-7-9-11-15-21-30(3,4)23-17-18-26(24-31(5,6)22-16-12-10-8-2)25-33-29-32-27-19-13-14-20-28(27)34-29/h13-14,18-20H,7-12,15-17,21-25H2,1-6H3/b26-18-. The molecule has 0 radical (unpaired) electrons. The largest absolute Gasteiger partial charge is 0.230 e. The summed E-state index contributed by atoms with van der Waals surface area (Å²) in [5.74, 6) is 1.08. The number of para-hydroxylation sites is 1. The minimum atomic E-state index is 0.378. The van der Waals surface area contributed by atoms with Gasteiger partial charge < -0.3 is 0 Å². The minimum Gasteiger partial charge on any atom is -0.230 e. The van der Waals surface area contributed by atoms with E-state index < -0.39 is 0 Å². The minimum absolute atomic E-state index is 0.378. The molecule has 3 heteroatoms. The van der Waals surface area contributed by atoms with Crippen LogP contribution in [0.3, 0.4) is 0 Å². The smallest absolute Gasteiger partial charge is 0.151 e. The maximum absolute atomic E-state index is 4.87. The van der Waals surface area contributed by atoms with Gasteiger partial charge in [-0.2, -0.15) is 0 Å². The highest BCUT2D eigenvalue weighted by Crippen LogP contribution is 2.37. The van der Waals surface area contributed by atoms with E-state index in [9.17, 15) is 0 Å². The number of rotatable bonds is 18. The van der Waals surface area contributed by atoms with Crippen LogP contribution in [-0.4, -0.2) is 10.7 Å². The summed E-state index contributed by atoms with van der Waals surface area (Å²) in [7, 11) is 0. The summed E-state index contributed by atoms with van der Waals surface area (Å²) in [4.78, 5) is 4.87. The summed E-state index contributed by atoms with van der Waals surface area (Å²) in [6.45, 7) is 14.5. The third-order valence-corrected chi connectivity index (χ3v) is 9.32. The second-order valence-electron chi connectivity index (χ2n) is 11.8. The molecule has 34 heavy (non-hydrogen) atoms. The van der Waals surface area contributed by atoms with Gasteiger partial charge in [-0.15, -0.1) is 11.3 Å². The highest BCUT2D eigenvalue weighted by Gasteiger charge is 2.21. The van der Waals surface area contributed by atoms with E-state index in [1.165, 1.54) is 92.5 Å². The lowest BCUT2D eigenvalue weighted by molar-refractivity contribution is 0.295. The monoisotopic (exact) mass is 501 g/mol. The van der Waals surface area contributed by atoms with Crippen LogP contribution in [0.1, 0.15) is 125 Å². The molecule has 0 spiro atoms. The van der Waals surface area contributed by atoms with Gasteiger partial charge in [0, 0.05) is 5.75 Å². The van der Waals surface area contributed by atoms with Crippen molar-refractivity contribution in [2.75, 3.05) is 5.75 Å². The molecule has 0 unspecified atom stereocenters. The normalized spacial score (nSPS) is 13.2. The van der Waals surface area contributed by atoms with E-state index in [1.807, 2.05) is 23.1 Å². The molecule has 1 aromatic heterocycles. The molecule has 0 saturated carbocycles. The van der Waals surface area contributed by atoms with Crippen molar-refractivity contribution >= 4 is 33.3 Å². The first-order chi connectivity index (χ1) is 16.2. The number of unbranched alkanes of at least 4 members (excludes halogenated alkanes) is 6. The Morgan fingerprint density at radius 3 is 2.15 bits per heavy atom. The van der Waals surface area contributed by atoms with E-state index in [1.54, 1.807) is 5.57 Å². The van der Waals surface area contributed by atoms with Crippen molar-refractivity contribution in [1.82, 2.24) is 4.98 Å². The van der Waals surface area contributed by atoms with Gasteiger partial charge in [0.2, 0.25) is 0 Å². The van der Waals surface area contributed by atoms with Gasteiger partial charge in [0.25, 0.3) is 0 Å². The van der Waals surface area contributed by atoms with Crippen LogP contribution in [0.25, 0.3) is 10.2 Å². The lowest BCUT2D eigenvalue weighted by atomic mass is 9.79. The van der Waals surface area contributed by atoms with Crippen molar-refractivity contribution in [3.05, 3.63) is 35.9 Å². The zero-order valence-corrected chi connectivity index (χ0v) is 24.7. The average Bonchev–Trinajstić information content (AvgIpc) is 3.21. The van der Waals surface area contributed by atoms with Crippen LogP contribution in [0.4, 0.5) is 0 Å². The van der Waals surface area contributed by atoms with E-state index in [0.29, 0.717) is 10.8 Å². The molecule has 0 amide bonds. The van der Waals surface area contributed by atoms with E-state index in [4.69, 9.17) is 4.98 Å². The highest BCUT2D eigenvalue weighted by molar-refractivity contribution is 8.01. The molecule has 1 heterocycles. The zero-order chi connectivity index (χ0) is 24.9. The maximum Gasteiger partial charge on any atom is 0.151 e. The molecule has 0 aliphatic heterocycles. The van der Waals surface area contributed by atoms with Gasteiger partial charge in [0.15, 0.2) is 4.34 Å². The Kier molecular flexibility index (Phi) is 13.3. The van der Waals surface area contributed by atoms with E-state index in [-0.39, 0.29) is 0 Å². The molecule has 0 bridgehead atoms. The van der Waals surface area contributed by atoms with Crippen LogP contribution in [0.15, 0.2) is 40.3 Å². The van der Waals surface area contributed by atoms with Crippen molar-refractivity contribution in [2.24, 2.45) is 10.8 Å². The summed E-state index contributed by atoms with van der Waals surface area (Å²) in [5.41, 5.74) is 3.60. The van der Waals surface area contributed by atoms with E-state index in [0.717, 1.165) is 11.3 Å². The molecule has 0 aliphatic carbocycles. The van der Waals surface area contributed by atoms with Crippen molar-refractivity contribution < 1.29 is 0 Å². The number of nitrogens with zero attached hydrogens (tertiary/aromatic N) is 1. The second kappa shape index (κ2) is 15.3. The first-order valence-corrected chi connectivity index (χ1v) is 15.7. The van der Waals surface area contributed by atoms with Gasteiger partial charge in [-0.1, -0.05) is 128 Å². The first-order valence-electron chi connectivity index (χ1n) is 13.9. The van der Waals surface area contributed by atoms with Crippen LogP contribution < -0.4 is 0 Å². The molecule has 0 atom stereocenters. The van der Waals surface area contributed by atoms with Gasteiger partial charge in [-0.05, 0) is 55.1 Å². The average molecular weight is 502 g/mol. The van der Waals surface area contributed by atoms with Crippen molar-refractivity contribution in [2.45, 2.75) is 129 Å². The summed E-state index contributed by atoms with van der Waals surface area (Å²) >= 11 is 3.79. The van der Waals surface area contributed by atoms with Gasteiger partial charge in [-0.25, -0.2) is 4.98 Å². The lowest BCUT2D eigenvalue weighted by Crippen LogP contribution is -2.14. The molecule has 1 aromatic carbocycles. The summed E-state index contributed by atoms with van der Waals surface area (Å²) < 4.78 is 2.51. The number of hydrogen-bond acceptors (Lipinski definition) is 3. The molecule has 2 rings (SSSR count). The molecule has 2 aromatic rings. The van der Waals surface area contributed by atoms with Crippen molar-refractivity contribution in [3.63, 3.8) is 0 Å². The van der Waals surface area contributed by atoms with Gasteiger partial charge in [0.1, 0.15) is 0 Å². The second-order valence-corrected chi connectivity index (χ2v) is 14.0. The number of hydrogen-bond donors (Lipinski definition) is 0. The van der Waals surface area contributed by atoms with E-state index >= 15 is 0 Å². The molecule has 0 fully saturated rings. The fraction of sp³-hybridized carbons (Fsp3) is 0.710. The molecule has 0 aliphatic rings. The Bertz CT molecular complexity index is 813. The molecule has 1 nitrogen and oxygen atoms in total. The molecular weight excluding hydrogens is 450 g/mol. The summed E-state index contributed by atoms with van der Waals surface area (Å²) in [5, 5.41) is 0. The lowest BCUT2D eigenvalue weighted by Gasteiger charge is -2.27. The topological polar surface area (TPSA) is 12.9 Å². The fourth-order valence-corrected chi connectivity index (χ4v) is 6.88. The van der Waals surface area contributed by atoms with Gasteiger partial charge >= 0.3 is 0 Å². The number of benzene rings is 1. The zero-order valence-electron chi connectivity index (χ0n) is 23.0. The Hall–Kier alpha value is -0.800. The number of thiazole rings is 1. The Morgan fingerprint density at radius 2 is 1.50 bits per heavy atom. The molecule has 0 N–H and O–H groups in total. The highest BCUT2D eigenvalue weighted by atomic mass is 32.2. The predicted octanol–water partition coefficient (Wildman–Crippen LogP) is 11.5. The number of fused-ring (bicyclic) bond motifs is 1. The quantitative estimate of drug-likeness (QED) is 0.114. The third-order valence-electron chi connectivity index (χ3n) is 7.03. The Morgan fingerprint density at radius 1 is 0.853 bits per heavy atom. The SMILES string of the molecule is CCCCCCC(C)(C)CC/C=C(\CSc1nc2ccccc2s1)CC(C)(C)CCCCCC. The van der Waals surface area contributed by atoms with Crippen molar-refractivity contribution in [3.8, 4) is 0 Å². The Labute approximate surface area is 219 Å². The molecular formula is C31H51NS2. The summed E-state index contributed by atoms with van der Waals surface area (Å²) in [6.07, 6.45) is 19.9. The van der Waals surface area contributed by atoms with Crippen molar-refractivity contribution in [1.29, 1.82) is 0 Å².